The summed E-state index contributed by atoms with van der Waals surface area (Å²) >= 11 is 5.92. The smallest absolute Gasteiger partial charge is 0.308 e. The van der Waals surface area contributed by atoms with Gasteiger partial charge in [0.15, 0.2) is 11.5 Å². The maximum absolute atomic E-state index is 11.2. The first-order chi connectivity index (χ1) is 9.95. The second kappa shape index (κ2) is 6.37. The molecule has 1 aromatic carbocycles. The Morgan fingerprint density at radius 2 is 1.67 bits per heavy atom. The maximum Gasteiger partial charge on any atom is 0.308 e. The molecule has 1 aromatic heterocycles. The van der Waals surface area contributed by atoms with Crippen LogP contribution in [0.25, 0.3) is 11.3 Å². The van der Waals surface area contributed by atoms with Gasteiger partial charge in [-0.1, -0.05) is 11.6 Å². The van der Waals surface area contributed by atoms with Crippen molar-refractivity contribution in [3.8, 4) is 22.8 Å². The van der Waals surface area contributed by atoms with Gasteiger partial charge in [0.05, 0.1) is 5.69 Å². The predicted octanol–water partition coefficient (Wildman–Crippen LogP) is 3.25. The SMILES string of the molecule is CC(=O)Oc1ccc(-c2cc(Cl)ccn2)cc1OC(C)=O. The van der Waals surface area contributed by atoms with Gasteiger partial charge in [-0.3, -0.25) is 14.6 Å². The quantitative estimate of drug-likeness (QED) is 0.643. The second-order valence-corrected chi connectivity index (χ2v) is 4.64. The molecule has 5 nitrogen and oxygen atoms in total. The van der Waals surface area contributed by atoms with Crippen molar-refractivity contribution in [2.75, 3.05) is 0 Å². The molecule has 6 heteroatoms. The lowest BCUT2D eigenvalue weighted by Crippen LogP contribution is -2.07. The monoisotopic (exact) mass is 305 g/mol. The summed E-state index contributed by atoms with van der Waals surface area (Å²) in [5.41, 5.74) is 1.30. The van der Waals surface area contributed by atoms with Crippen molar-refractivity contribution < 1.29 is 19.1 Å². The van der Waals surface area contributed by atoms with Gasteiger partial charge in [-0.25, -0.2) is 0 Å². The summed E-state index contributed by atoms with van der Waals surface area (Å²) in [5, 5.41) is 0.540. The van der Waals surface area contributed by atoms with Crippen LogP contribution >= 0.6 is 11.6 Å². The van der Waals surface area contributed by atoms with Gasteiger partial charge in [0.1, 0.15) is 0 Å². The van der Waals surface area contributed by atoms with Gasteiger partial charge in [-0.2, -0.15) is 0 Å². The van der Waals surface area contributed by atoms with Crippen molar-refractivity contribution in [3.05, 3.63) is 41.6 Å². The average molecular weight is 306 g/mol. The van der Waals surface area contributed by atoms with E-state index in [1.807, 2.05) is 0 Å². The molecule has 0 N–H and O–H groups in total. The minimum absolute atomic E-state index is 0.150. The van der Waals surface area contributed by atoms with Gasteiger partial charge in [0.25, 0.3) is 0 Å². The average Bonchev–Trinajstić information content (AvgIpc) is 2.39. The van der Waals surface area contributed by atoms with Crippen molar-refractivity contribution in [3.63, 3.8) is 0 Å². The van der Waals surface area contributed by atoms with E-state index in [4.69, 9.17) is 21.1 Å². The molecule has 0 aliphatic rings. The first kappa shape index (κ1) is 15.0. The van der Waals surface area contributed by atoms with Crippen molar-refractivity contribution in [2.24, 2.45) is 0 Å². The van der Waals surface area contributed by atoms with Crippen LogP contribution in [0.1, 0.15) is 13.8 Å². The molecule has 21 heavy (non-hydrogen) atoms. The van der Waals surface area contributed by atoms with Crippen molar-refractivity contribution in [2.45, 2.75) is 13.8 Å². The van der Waals surface area contributed by atoms with E-state index in [0.29, 0.717) is 16.3 Å². The minimum atomic E-state index is -0.514. The maximum atomic E-state index is 11.2. The Bertz CT molecular complexity index is 700. The van der Waals surface area contributed by atoms with Gasteiger partial charge in [-0.15, -0.1) is 0 Å². The largest absolute Gasteiger partial charge is 0.423 e. The number of esters is 2. The Labute approximate surface area is 126 Å². The van der Waals surface area contributed by atoms with Crippen LogP contribution < -0.4 is 9.47 Å². The molecule has 108 valence electrons. The number of pyridine rings is 1. The summed E-state index contributed by atoms with van der Waals surface area (Å²) in [4.78, 5) is 26.4. The van der Waals surface area contributed by atoms with E-state index in [1.54, 1.807) is 30.5 Å². The molecule has 0 saturated heterocycles. The number of hydrogen-bond donors (Lipinski definition) is 0. The highest BCUT2D eigenvalue weighted by molar-refractivity contribution is 6.30. The van der Waals surface area contributed by atoms with E-state index >= 15 is 0 Å². The number of nitrogens with zero attached hydrogens (tertiary/aromatic N) is 1. The molecule has 0 aliphatic carbocycles. The number of carbonyl (C=O) groups excluding carboxylic acids is 2. The topological polar surface area (TPSA) is 65.5 Å². The Morgan fingerprint density at radius 3 is 2.29 bits per heavy atom. The lowest BCUT2D eigenvalue weighted by molar-refractivity contribution is -0.134. The first-order valence-electron chi connectivity index (χ1n) is 6.08. The lowest BCUT2D eigenvalue weighted by atomic mass is 10.1. The summed E-state index contributed by atoms with van der Waals surface area (Å²) in [6.45, 7) is 2.53. The lowest BCUT2D eigenvalue weighted by Gasteiger charge is -2.10. The Morgan fingerprint density at radius 1 is 1.00 bits per heavy atom. The molecule has 0 aliphatic heterocycles. The Balaban J connectivity index is 2.45. The van der Waals surface area contributed by atoms with E-state index in [1.165, 1.54) is 19.9 Å². The summed E-state index contributed by atoms with van der Waals surface area (Å²) in [7, 11) is 0. The van der Waals surface area contributed by atoms with Crippen molar-refractivity contribution in [1.82, 2.24) is 4.98 Å². The molecule has 2 rings (SSSR count). The zero-order valence-electron chi connectivity index (χ0n) is 11.4. The van der Waals surface area contributed by atoms with E-state index in [2.05, 4.69) is 4.98 Å². The van der Waals surface area contributed by atoms with Gasteiger partial charge >= 0.3 is 11.9 Å². The summed E-state index contributed by atoms with van der Waals surface area (Å²) in [6.07, 6.45) is 1.57. The number of rotatable bonds is 3. The zero-order chi connectivity index (χ0) is 15.4. The van der Waals surface area contributed by atoms with Crippen molar-refractivity contribution >= 4 is 23.5 Å². The second-order valence-electron chi connectivity index (χ2n) is 4.21. The van der Waals surface area contributed by atoms with Gasteiger partial charge in [0, 0.05) is 30.6 Å². The van der Waals surface area contributed by atoms with E-state index in [9.17, 15) is 9.59 Å². The molecule has 0 atom stereocenters. The predicted molar refractivity (Wildman–Crippen MR) is 77.3 cm³/mol. The molecule has 0 amide bonds. The third-order valence-electron chi connectivity index (χ3n) is 2.47. The molecular weight excluding hydrogens is 294 g/mol. The van der Waals surface area contributed by atoms with Crippen LogP contribution in [0, 0.1) is 0 Å². The number of aromatic nitrogens is 1. The molecule has 0 spiro atoms. The summed E-state index contributed by atoms with van der Waals surface area (Å²) in [5.74, 6) is -0.697. The normalized spacial score (nSPS) is 10.0. The third kappa shape index (κ3) is 4.03. The van der Waals surface area contributed by atoms with Crippen LogP contribution in [0.4, 0.5) is 0 Å². The van der Waals surface area contributed by atoms with Gasteiger partial charge in [-0.05, 0) is 30.3 Å². The van der Waals surface area contributed by atoms with Crippen LogP contribution in [-0.2, 0) is 9.59 Å². The molecule has 2 aromatic rings. The molecule has 0 radical (unpaired) electrons. The number of halogens is 1. The minimum Gasteiger partial charge on any atom is -0.423 e. The van der Waals surface area contributed by atoms with Crippen LogP contribution in [-0.4, -0.2) is 16.9 Å². The Kier molecular flexibility index (Phi) is 4.55. The van der Waals surface area contributed by atoms with Gasteiger partial charge in [0.2, 0.25) is 0 Å². The van der Waals surface area contributed by atoms with Crippen molar-refractivity contribution in [1.29, 1.82) is 0 Å². The highest BCUT2D eigenvalue weighted by atomic mass is 35.5. The standard InChI is InChI=1S/C15H12ClNO4/c1-9(18)20-14-4-3-11(7-15(14)21-10(2)19)13-8-12(16)5-6-17-13/h3-8H,1-2H3. The van der Waals surface area contributed by atoms with E-state index in [-0.39, 0.29) is 11.5 Å². The van der Waals surface area contributed by atoms with Crippen LogP contribution in [0.15, 0.2) is 36.5 Å². The fourth-order valence-electron chi connectivity index (χ4n) is 1.70. The van der Waals surface area contributed by atoms with E-state index < -0.39 is 11.9 Å². The number of hydrogen-bond acceptors (Lipinski definition) is 5. The highest BCUT2D eigenvalue weighted by Gasteiger charge is 2.12. The molecule has 0 unspecified atom stereocenters. The fourth-order valence-corrected chi connectivity index (χ4v) is 1.86. The zero-order valence-corrected chi connectivity index (χ0v) is 12.2. The first-order valence-corrected chi connectivity index (χ1v) is 6.46. The van der Waals surface area contributed by atoms with Gasteiger partial charge < -0.3 is 9.47 Å². The van der Waals surface area contributed by atoms with Crippen LogP contribution in [0.2, 0.25) is 5.02 Å². The number of benzene rings is 1. The number of ether oxygens (including phenoxy) is 2. The third-order valence-corrected chi connectivity index (χ3v) is 2.70. The summed E-state index contributed by atoms with van der Waals surface area (Å²) in [6, 6.07) is 8.14. The molecule has 0 bridgehead atoms. The summed E-state index contributed by atoms with van der Waals surface area (Å²) < 4.78 is 10.1. The fraction of sp³-hybridized carbons (Fsp3) is 0.133. The molecule has 0 fully saturated rings. The van der Waals surface area contributed by atoms with E-state index in [0.717, 1.165) is 0 Å². The molecule has 1 heterocycles. The number of carbonyl (C=O) groups is 2. The molecular formula is C15H12ClNO4. The highest BCUT2D eigenvalue weighted by Crippen LogP contribution is 2.33. The molecule has 0 saturated carbocycles. The van der Waals surface area contributed by atoms with Crippen LogP contribution in [0.3, 0.4) is 0 Å². The van der Waals surface area contributed by atoms with Crippen LogP contribution in [0.5, 0.6) is 11.5 Å². The Hall–Kier alpha value is -2.40.